The lowest BCUT2D eigenvalue weighted by Crippen LogP contribution is -2.33. The van der Waals surface area contributed by atoms with Crippen molar-refractivity contribution in [3.63, 3.8) is 0 Å². The van der Waals surface area contributed by atoms with Crippen LogP contribution in [0.15, 0.2) is 24.3 Å². The third-order valence-corrected chi connectivity index (χ3v) is 4.89. The number of rotatable bonds is 5. The van der Waals surface area contributed by atoms with Gasteiger partial charge in [0.15, 0.2) is 9.84 Å². The fraction of sp³-hybridized carbons (Fsp3) is 0.538. The Hall–Kier alpha value is -1.07. The first-order chi connectivity index (χ1) is 8.57. The predicted molar refractivity (Wildman–Crippen MR) is 71.7 cm³/mol. The monoisotopic (exact) mass is 269 g/mol. The molecule has 5 heteroatoms. The van der Waals surface area contributed by atoms with Crippen LogP contribution in [0.2, 0.25) is 0 Å². The smallest absolute Gasteiger partial charge is 0.151 e. The van der Waals surface area contributed by atoms with Crippen LogP contribution in [0.25, 0.3) is 0 Å². The van der Waals surface area contributed by atoms with E-state index < -0.39 is 9.84 Å². The van der Waals surface area contributed by atoms with Crippen molar-refractivity contribution in [2.75, 3.05) is 24.7 Å². The number of hydrogen-bond donors (Lipinski definition) is 1. The molecule has 1 aromatic carbocycles. The largest absolute Gasteiger partial charge is 0.492 e. The second-order valence-electron chi connectivity index (χ2n) is 4.67. The molecule has 0 radical (unpaired) electrons. The van der Waals surface area contributed by atoms with Gasteiger partial charge in [0, 0.05) is 12.6 Å². The van der Waals surface area contributed by atoms with Gasteiger partial charge in [-0.3, -0.25) is 0 Å². The van der Waals surface area contributed by atoms with Gasteiger partial charge in [-0.15, -0.1) is 0 Å². The van der Waals surface area contributed by atoms with Crippen LogP contribution in [-0.4, -0.2) is 39.1 Å². The van der Waals surface area contributed by atoms with Gasteiger partial charge in [-0.25, -0.2) is 8.42 Å². The molecule has 0 amide bonds. The SMILES string of the molecule is Cc1ccccc1OCCNC1CCS(=O)(=O)C1. The summed E-state index contributed by atoms with van der Waals surface area (Å²) in [4.78, 5) is 0. The van der Waals surface area contributed by atoms with Gasteiger partial charge in [-0.05, 0) is 25.0 Å². The average Bonchev–Trinajstić information content (AvgIpc) is 2.67. The van der Waals surface area contributed by atoms with Crippen LogP contribution in [0.4, 0.5) is 0 Å². The summed E-state index contributed by atoms with van der Waals surface area (Å²) < 4.78 is 28.2. The number of benzene rings is 1. The molecule has 4 nitrogen and oxygen atoms in total. The van der Waals surface area contributed by atoms with Crippen molar-refractivity contribution in [2.24, 2.45) is 0 Å². The minimum absolute atomic E-state index is 0.0930. The van der Waals surface area contributed by atoms with E-state index >= 15 is 0 Å². The standard InChI is InChI=1S/C13H19NO3S/c1-11-4-2-3-5-13(11)17-8-7-14-12-6-9-18(15,16)10-12/h2-5,12,14H,6-10H2,1H3. The van der Waals surface area contributed by atoms with Gasteiger partial charge in [-0.1, -0.05) is 18.2 Å². The summed E-state index contributed by atoms with van der Waals surface area (Å²) in [7, 11) is -2.79. The number of sulfone groups is 1. The molecule has 1 heterocycles. The van der Waals surface area contributed by atoms with Crippen LogP contribution in [0.1, 0.15) is 12.0 Å². The number of hydrogen-bond acceptors (Lipinski definition) is 4. The Labute approximate surface area is 108 Å². The van der Waals surface area contributed by atoms with Crippen LogP contribution in [0, 0.1) is 6.92 Å². The van der Waals surface area contributed by atoms with E-state index in [4.69, 9.17) is 4.74 Å². The van der Waals surface area contributed by atoms with Crippen molar-refractivity contribution in [2.45, 2.75) is 19.4 Å². The molecule has 18 heavy (non-hydrogen) atoms. The summed E-state index contributed by atoms with van der Waals surface area (Å²) in [6.45, 7) is 3.24. The molecule has 0 spiro atoms. The van der Waals surface area contributed by atoms with Gasteiger partial charge in [0.2, 0.25) is 0 Å². The lowest BCUT2D eigenvalue weighted by Gasteiger charge is -2.12. The van der Waals surface area contributed by atoms with Gasteiger partial charge in [0.25, 0.3) is 0 Å². The number of para-hydroxylation sites is 1. The van der Waals surface area contributed by atoms with E-state index in [1.54, 1.807) is 0 Å². The maximum atomic E-state index is 11.3. The molecule has 0 aromatic heterocycles. The van der Waals surface area contributed by atoms with Gasteiger partial charge < -0.3 is 10.1 Å². The van der Waals surface area contributed by atoms with Crippen LogP contribution < -0.4 is 10.1 Å². The molecule has 100 valence electrons. The minimum Gasteiger partial charge on any atom is -0.492 e. The fourth-order valence-corrected chi connectivity index (χ4v) is 3.81. The van der Waals surface area contributed by atoms with Crippen molar-refractivity contribution in [1.82, 2.24) is 5.32 Å². The average molecular weight is 269 g/mol. The van der Waals surface area contributed by atoms with Crippen LogP contribution in [0.5, 0.6) is 5.75 Å². The molecule has 0 aliphatic carbocycles. The van der Waals surface area contributed by atoms with Crippen molar-refractivity contribution in [1.29, 1.82) is 0 Å². The number of aryl methyl sites for hydroxylation is 1. The third-order valence-electron chi connectivity index (χ3n) is 3.12. The topological polar surface area (TPSA) is 55.4 Å². The van der Waals surface area contributed by atoms with Crippen LogP contribution in [-0.2, 0) is 9.84 Å². The first-order valence-corrected chi connectivity index (χ1v) is 8.01. The van der Waals surface area contributed by atoms with E-state index in [0.29, 0.717) is 25.3 Å². The van der Waals surface area contributed by atoms with Gasteiger partial charge in [0.05, 0.1) is 11.5 Å². The Morgan fingerprint density at radius 3 is 2.83 bits per heavy atom. The summed E-state index contributed by atoms with van der Waals surface area (Å²) in [5.41, 5.74) is 1.11. The van der Waals surface area contributed by atoms with Crippen LogP contribution >= 0.6 is 0 Å². The summed E-state index contributed by atoms with van der Waals surface area (Å²) in [5.74, 6) is 1.46. The third kappa shape index (κ3) is 3.71. The molecule has 2 rings (SSSR count). The zero-order valence-corrected chi connectivity index (χ0v) is 11.4. The Morgan fingerprint density at radius 1 is 1.39 bits per heavy atom. The van der Waals surface area contributed by atoms with E-state index in [1.807, 2.05) is 31.2 Å². The Balaban J connectivity index is 1.70. The van der Waals surface area contributed by atoms with Crippen molar-refractivity contribution < 1.29 is 13.2 Å². The Bertz CT molecular complexity index is 499. The molecule has 1 aromatic rings. The maximum absolute atomic E-state index is 11.3. The summed E-state index contributed by atoms with van der Waals surface area (Å²) >= 11 is 0. The highest BCUT2D eigenvalue weighted by Gasteiger charge is 2.26. The number of ether oxygens (including phenoxy) is 1. The minimum atomic E-state index is -2.79. The predicted octanol–water partition coefficient (Wildman–Crippen LogP) is 1.15. The molecule has 0 bridgehead atoms. The highest BCUT2D eigenvalue weighted by molar-refractivity contribution is 7.91. The highest BCUT2D eigenvalue weighted by Crippen LogP contribution is 2.16. The molecular formula is C13H19NO3S. The quantitative estimate of drug-likeness (QED) is 0.815. The Kier molecular flexibility index (Phi) is 4.24. The molecule has 1 N–H and O–H groups in total. The zero-order valence-electron chi connectivity index (χ0n) is 10.6. The molecule has 1 unspecified atom stereocenters. The van der Waals surface area contributed by atoms with E-state index in [0.717, 1.165) is 11.3 Å². The molecular weight excluding hydrogens is 250 g/mol. The molecule has 1 aliphatic heterocycles. The number of nitrogens with one attached hydrogen (secondary N) is 1. The first kappa shape index (κ1) is 13.4. The molecule has 1 aliphatic rings. The summed E-state index contributed by atoms with van der Waals surface area (Å²) in [6, 6.07) is 7.96. The maximum Gasteiger partial charge on any atom is 0.151 e. The zero-order chi connectivity index (χ0) is 13.0. The van der Waals surface area contributed by atoms with Crippen LogP contribution in [0.3, 0.4) is 0 Å². The lowest BCUT2D eigenvalue weighted by atomic mass is 10.2. The summed E-state index contributed by atoms with van der Waals surface area (Å²) in [5, 5.41) is 3.22. The molecule has 0 saturated carbocycles. The molecule has 1 atom stereocenters. The first-order valence-electron chi connectivity index (χ1n) is 6.19. The lowest BCUT2D eigenvalue weighted by molar-refractivity contribution is 0.305. The molecule has 1 saturated heterocycles. The highest BCUT2D eigenvalue weighted by atomic mass is 32.2. The van der Waals surface area contributed by atoms with Crippen molar-refractivity contribution >= 4 is 9.84 Å². The second-order valence-corrected chi connectivity index (χ2v) is 6.90. The molecule has 1 fully saturated rings. The van der Waals surface area contributed by atoms with E-state index in [-0.39, 0.29) is 11.8 Å². The Morgan fingerprint density at radius 2 is 2.17 bits per heavy atom. The van der Waals surface area contributed by atoms with Gasteiger partial charge in [-0.2, -0.15) is 0 Å². The van der Waals surface area contributed by atoms with E-state index in [9.17, 15) is 8.42 Å². The normalized spacial score (nSPS) is 21.9. The second kappa shape index (κ2) is 5.71. The van der Waals surface area contributed by atoms with Gasteiger partial charge >= 0.3 is 0 Å². The fourth-order valence-electron chi connectivity index (χ4n) is 2.10. The van der Waals surface area contributed by atoms with Crippen molar-refractivity contribution in [3.8, 4) is 5.75 Å². The van der Waals surface area contributed by atoms with E-state index in [1.165, 1.54) is 0 Å². The van der Waals surface area contributed by atoms with Crippen molar-refractivity contribution in [3.05, 3.63) is 29.8 Å². The van der Waals surface area contributed by atoms with Gasteiger partial charge in [0.1, 0.15) is 12.4 Å². The summed E-state index contributed by atoms with van der Waals surface area (Å²) in [6.07, 6.45) is 0.715. The van der Waals surface area contributed by atoms with E-state index in [2.05, 4.69) is 5.32 Å².